The minimum atomic E-state index is 0.0131. The first-order chi connectivity index (χ1) is 8.09. The number of rotatable bonds is 1. The SMILES string of the molecule is CN(C)C(=O)N1C=CCC([C@@H]2CCCN2C)=C1. The smallest absolute Gasteiger partial charge is 0.327 e. The lowest BCUT2D eigenvalue weighted by molar-refractivity contribution is 0.199. The summed E-state index contributed by atoms with van der Waals surface area (Å²) in [6.45, 7) is 1.16. The average Bonchev–Trinajstić information content (AvgIpc) is 2.74. The van der Waals surface area contributed by atoms with Crippen molar-refractivity contribution in [2.45, 2.75) is 25.3 Å². The number of amides is 2. The minimum absolute atomic E-state index is 0.0131. The average molecular weight is 235 g/mol. The molecule has 0 aromatic rings. The summed E-state index contributed by atoms with van der Waals surface area (Å²) in [7, 11) is 5.72. The molecular weight excluding hydrogens is 214 g/mol. The molecule has 4 heteroatoms. The van der Waals surface area contributed by atoms with E-state index >= 15 is 0 Å². The van der Waals surface area contributed by atoms with Crippen molar-refractivity contribution < 1.29 is 4.79 Å². The Bertz CT molecular complexity index is 360. The highest BCUT2D eigenvalue weighted by Crippen LogP contribution is 2.27. The number of likely N-dealkylation sites (N-methyl/N-ethyl adjacent to an activating group) is 1. The van der Waals surface area contributed by atoms with Crippen molar-refractivity contribution in [2.24, 2.45) is 0 Å². The van der Waals surface area contributed by atoms with E-state index in [1.165, 1.54) is 18.4 Å². The molecule has 94 valence electrons. The molecule has 1 fully saturated rings. The number of carbonyl (C=O) groups excluding carboxylic acids is 1. The molecule has 0 aliphatic carbocycles. The van der Waals surface area contributed by atoms with Gasteiger partial charge in [-0.25, -0.2) is 4.79 Å². The third-order valence-corrected chi connectivity index (χ3v) is 3.48. The van der Waals surface area contributed by atoms with Crippen LogP contribution in [0.1, 0.15) is 19.3 Å². The molecule has 0 aromatic heterocycles. The lowest BCUT2D eigenvalue weighted by Crippen LogP contribution is -2.35. The fraction of sp³-hybridized carbons (Fsp3) is 0.615. The molecule has 2 amide bonds. The second-order valence-electron chi connectivity index (χ2n) is 5.02. The van der Waals surface area contributed by atoms with E-state index < -0.39 is 0 Å². The van der Waals surface area contributed by atoms with Crippen LogP contribution in [0.2, 0.25) is 0 Å². The van der Waals surface area contributed by atoms with Crippen molar-refractivity contribution >= 4 is 6.03 Å². The summed E-state index contributed by atoms with van der Waals surface area (Å²) in [5.41, 5.74) is 1.35. The Hall–Kier alpha value is -1.29. The molecule has 0 bridgehead atoms. The normalized spacial score (nSPS) is 25.0. The van der Waals surface area contributed by atoms with Crippen LogP contribution in [0.3, 0.4) is 0 Å². The Balaban J connectivity index is 2.11. The quantitative estimate of drug-likeness (QED) is 0.693. The Kier molecular flexibility index (Phi) is 3.52. The summed E-state index contributed by atoms with van der Waals surface area (Å²) in [6, 6.07) is 0.525. The van der Waals surface area contributed by atoms with Crippen LogP contribution < -0.4 is 0 Å². The first-order valence-corrected chi connectivity index (χ1v) is 6.16. The third kappa shape index (κ3) is 2.52. The van der Waals surface area contributed by atoms with Gasteiger partial charge in [-0.1, -0.05) is 6.08 Å². The summed E-state index contributed by atoms with van der Waals surface area (Å²) in [4.78, 5) is 17.5. The van der Waals surface area contributed by atoms with Crippen molar-refractivity contribution in [2.75, 3.05) is 27.7 Å². The van der Waals surface area contributed by atoms with Gasteiger partial charge < -0.3 is 4.90 Å². The summed E-state index contributed by atoms with van der Waals surface area (Å²) in [5, 5.41) is 0. The molecule has 2 heterocycles. The van der Waals surface area contributed by atoms with E-state index in [1.807, 2.05) is 12.4 Å². The van der Waals surface area contributed by atoms with Crippen LogP contribution in [0.15, 0.2) is 24.0 Å². The van der Waals surface area contributed by atoms with Crippen LogP contribution in [0.25, 0.3) is 0 Å². The van der Waals surface area contributed by atoms with E-state index in [4.69, 9.17) is 0 Å². The summed E-state index contributed by atoms with van der Waals surface area (Å²) in [5.74, 6) is 0. The topological polar surface area (TPSA) is 26.8 Å². The van der Waals surface area contributed by atoms with Gasteiger partial charge in [0.2, 0.25) is 0 Å². The number of urea groups is 1. The van der Waals surface area contributed by atoms with Crippen LogP contribution in [0.5, 0.6) is 0 Å². The van der Waals surface area contributed by atoms with Gasteiger partial charge in [0.25, 0.3) is 0 Å². The maximum atomic E-state index is 11.9. The molecule has 0 N–H and O–H groups in total. The molecule has 2 aliphatic rings. The van der Waals surface area contributed by atoms with Gasteiger partial charge >= 0.3 is 6.03 Å². The maximum absolute atomic E-state index is 11.9. The Labute approximate surface area is 103 Å². The van der Waals surface area contributed by atoms with Crippen molar-refractivity contribution in [3.63, 3.8) is 0 Å². The number of hydrogen-bond acceptors (Lipinski definition) is 2. The molecule has 1 saturated heterocycles. The van der Waals surface area contributed by atoms with Gasteiger partial charge in [-0.2, -0.15) is 0 Å². The van der Waals surface area contributed by atoms with Gasteiger partial charge in [-0.3, -0.25) is 9.80 Å². The third-order valence-electron chi connectivity index (χ3n) is 3.48. The van der Waals surface area contributed by atoms with Gasteiger partial charge in [-0.05, 0) is 38.4 Å². The number of nitrogens with zero attached hydrogens (tertiary/aromatic N) is 3. The largest absolute Gasteiger partial charge is 0.330 e. The van der Waals surface area contributed by atoms with E-state index in [9.17, 15) is 4.79 Å². The van der Waals surface area contributed by atoms with Crippen LogP contribution in [-0.4, -0.2) is 54.5 Å². The Morgan fingerprint density at radius 2 is 2.24 bits per heavy atom. The monoisotopic (exact) mass is 235 g/mol. The zero-order chi connectivity index (χ0) is 12.4. The van der Waals surface area contributed by atoms with Crippen LogP contribution in [0.4, 0.5) is 4.79 Å². The second kappa shape index (κ2) is 4.92. The predicted octanol–water partition coefficient (Wildman–Crippen LogP) is 1.87. The lowest BCUT2D eigenvalue weighted by Gasteiger charge is -2.28. The molecule has 0 radical (unpaired) electrons. The van der Waals surface area contributed by atoms with Crippen molar-refractivity contribution in [1.29, 1.82) is 0 Å². The standard InChI is InChI=1S/C13H21N3O/c1-14(2)13(17)16-9-4-6-11(10-16)12-7-5-8-15(12)3/h4,9-10,12H,5-8H2,1-3H3/t12-/m0/s1. The molecule has 0 saturated carbocycles. The highest BCUT2D eigenvalue weighted by Gasteiger charge is 2.26. The summed E-state index contributed by atoms with van der Waals surface area (Å²) >= 11 is 0. The number of likely N-dealkylation sites (tertiary alicyclic amines) is 1. The molecule has 2 aliphatic heterocycles. The molecule has 4 nitrogen and oxygen atoms in total. The zero-order valence-electron chi connectivity index (χ0n) is 10.9. The predicted molar refractivity (Wildman–Crippen MR) is 68.4 cm³/mol. The van der Waals surface area contributed by atoms with Gasteiger partial charge in [0.05, 0.1) is 0 Å². The van der Waals surface area contributed by atoms with E-state index in [0.717, 1.165) is 13.0 Å². The first kappa shape index (κ1) is 12.2. The molecular formula is C13H21N3O. The van der Waals surface area contributed by atoms with Crippen molar-refractivity contribution in [3.8, 4) is 0 Å². The fourth-order valence-corrected chi connectivity index (χ4v) is 2.53. The van der Waals surface area contributed by atoms with Crippen molar-refractivity contribution in [3.05, 3.63) is 24.0 Å². The zero-order valence-corrected chi connectivity index (χ0v) is 10.9. The number of hydrogen-bond donors (Lipinski definition) is 0. The highest BCUT2D eigenvalue weighted by molar-refractivity contribution is 5.76. The van der Waals surface area contributed by atoms with E-state index in [-0.39, 0.29) is 6.03 Å². The lowest BCUT2D eigenvalue weighted by atomic mass is 10.0. The summed E-state index contributed by atoms with van der Waals surface area (Å²) < 4.78 is 0. The molecule has 2 rings (SSSR count). The second-order valence-corrected chi connectivity index (χ2v) is 5.02. The van der Waals surface area contributed by atoms with E-state index in [0.29, 0.717) is 6.04 Å². The molecule has 17 heavy (non-hydrogen) atoms. The van der Waals surface area contributed by atoms with E-state index in [2.05, 4.69) is 18.0 Å². The van der Waals surface area contributed by atoms with Gasteiger partial charge in [0.15, 0.2) is 0 Å². The van der Waals surface area contributed by atoms with Crippen molar-refractivity contribution in [1.82, 2.24) is 14.7 Å². The highest BCUT2D eigenvalue weighted by atomic mass is 16.2. The maximum Gasteiger partial charge on any atom is 0.327 e. The van der Waals surface area contributed by atoms with Gasteiger partial charge in [0, 0.05) is 32.5 Å². The fourth-order valence-electron chi connectivity index (χ4n) is 2.53. The van der Waals surface area contributed by atoms with Crippen LogP contribution in [-0.2, 0) is 0 Å². The number of allylic oxidation sites excluding steroid dienone is 1. The van der Waals surface area contributed by atoms with Crippen LogP contribution >= 0.6 is 0 Å². The minimum Gasteiger partial charge on any atom is -0.330 e. The molecule has 0 aromatic carbocycles. The first-order valence-electron chi connectivity index (χ1n) is 6.16. The molecule has 1 atom stereocenters. The Morgan fingerprint density at radius 1 is 1.47 bits per heavy atom. The molecule has 0 unspecified atom stereocenters. The number of carbonyl (C=O) groups is 1. The molecule has 0 spiro atoms. The Morgan fingerprint density at radius 3 is 2.82 bits per heavy atom. The van der Waals surface area contributed by atoms with Crippen LogP contribution in [0, 0.1) is 0 Å². The van der Waals surface area contributed by atoms with Gasteiger partial charge in [0.1, 0.15) is 0 Å². The summed E-state index contributed by atoms with van der Waals surface area (Å²) in [6.07, 6.45) is 9.37. The van der Waals surface area contributed by atoms with Gasteiger partial charge in [-0.15, -0.1) is 0 Å². The van der Waals surface area contributed by atoms with E-state index in [1.54, 1.807) is 23.9 Å².